The van der Waals surface area contributed by atoms with Gasteiger partial charge in [0.15, 0.2) is 9.84 Å². The maximum atomic E-state index is 12.5. The molecule has 2 aromatic rings. The summed E-state index contributed by atoms with van der Waals surface area (Å²) in [7, 11) is -5.59. The van der Waals surface area contributed by atoms with Gasteiger partial charge < -0.3 is 0 Å². The van der Waals surface area contributed by atoms with E-state index < -0.39 is 19.9 Å². The second-order valence-corrected chi connectivity index (χ2v) is 8.66. The first-order chi connectivity index (χ1) is 10.0. The van der Waals surface area contributed by atoms with Gasteiger partial charge in [-0.15, -0.1) is 0 Å². The normalized spacial score (nSPS) is 12.4. The summed E-state index contributed by atoms with van der Waals surface area (Å²) in [5, 5.41) is 4.08. The van der Waals surface area contributed by atoms with Crippen molar-refractivity contribution in [3.8, 4) is 0 Å². The number of nitrogens with one attached hydrogen (secondary N) is 1. The second-order valence-electron chi connectivity index (χ2n) is 5.03. The average molecular weight is 343 g/mol. The Morgan fingerprint density at radius 1 is 1.14 bits per heavy atom. The van der Waals surface area contributed by atoms with Gasteiger partial charge in [0, 0.05) is 13.3 Å². The quantitative estimate of drug-likeness (QED) is 0.900. The summed E-state index contributed by atoms with van der Waals surface area (Å²) in [5.74, 6) is 0. The molecule has 2 rings (SSSR count). The van der Waals surface area contributed by atoms with Crippen LogP contribution in [0.1, 0.15) is 11.4 Å². The Balaban J connectivity index is 2.46. The van der Waals surface area contributed by atoms with Gasteiger partial charge in [-0.3, -0.25) is 9.40 Å². The molecule has 1 heterocycles. The highest BCUT2D eigenvalue weighted by atomic mass is 32.2. The van der Waals surface area contributed by atoms with Crippen molar-refractivity contribution in [2.75, 3.05) is 11.0 Å². The average Bonchev–Trinajstić information content (AvgIpc) is 2.62. The first-order valence-electron chi connectivity index (χ1n) is 6.35. The molecule has 1 aromatic heterocycles. The van der Waals surface area contributed by atoms with Crippen molar-refractivity contribution in [3.63, 3.8) is 0 Å². The van der Waals surface area contributed by atoms with Crippen LogP contribution >= 0.6 is 0 Å². The molecule has 120 valence electrons. The van der Waals surface area contributed by atoms with Crippen LogP contribution in [0.3, 0.4) is 0 Å². The van der Waals surface area contributed by atoms with E-state index in [1.54, 1.807) is 20.9 Å². The SMILES string of the molecule is Cc1nn(C)c(C)c1S(=O)(=O)Nc1cccc(S(C)(=O)=O)c1. The standard InChI is InChI=1S/C13H17N3O4S2/c1-9-13(10(2)16(3)14-9)22(19,20)15-11-6-5-7-12(8-11)21(4,17)18/h5-8,15H,1-4H3. The number of nitrogens with zero attached hydrogens (tertiary/aromatic N) is 2. The summed E-state index contributed by atoms with van der Waals surface area (Å²) in [6, 6.07) is 5.67. The van der Waals surface area contributed by atoms with Crippen molar-refractivity contribution >= 4 is 25.5 Å². The van der Waals surface area contributed by atoms with Gasteiger partial charge in [-0.05, 0) is 32.0 Å². The van der Waals surface area contributed by atoms with Gasteiger partial charge in [0.25, 0.3) is 10.0 Å². The smallest absolute Gasteiger partial charge is 0.265 e. The highest BCUT2D eigenvalue weighted by molar-refractivity contribution is 7.93. The molecule has 0 aliphatic heterocycles. The van der Waals surface area contributed by atoms with E-state index in [-0.39, 0.29) is 15.5 Å². The second kappa shape index (κ2) is 5.40. The molecule has 0 saturated carbocycles. The van der Waals surface area contributed by atoms with Crippen LogP contribution in [0.2, 0.25) is 0 Å². The topological polar surface area (TPSA) is 98.1 Å². The number of aryl methyl sites for hydroxylation is 2. The number of benzene rings is 1. The number of sulfone groups is 1. The van der Waals surface area contributed by atoms with Crippen molar-refractivity contribution in [2.24, 2.45) is 7.05 Å². The minimum atomic E-state index is -3.84. The molecule has 9 heteroatoms. The molecule has 0 atom stereocenters. The van der Waals surface area contributed by atoms with Crippen LogP contribution in [0.15, 0.2) is 34.1 Å². The molecule has 0 radical (unpaired) electrons. The molecular weight excluding hydrogens is 326 g/mol. The van der Waals surface area contributed by atoms with E-state index in [0.29, 0.717) is 11.4 Å². The fraction of sp³-hybridized carbons (Fsp3) is 0.308. The van der Waals surface area contributed by atoms with Crippen LogP contribution in [0.4, 0.5) is 5.69 Å². The van der Waals surface area contributed by atoms with E-state index in [1.807, 2.05) is 0 Å². The van der Waals surface area contributed by atoms with Gasteiger partial charge in [0.05, 0.1) is 22.0 Å². The van der Waals surface area contributed by atoms with Gasteiger partial charge in [-0.1, -0.05) is 6.07 Å². The molecule has 7 nitrogen and oxygen atoms in total. The van der Waals surface area contributed by atoms with Crippen molar-refractivity contribution < 1.29 is 16.8 Å². The summed E-state index contributed by atoms with van der Waals surface area (Å²) in [6.07, 6.45) is 1.07. The summed E-state index contributed by atoms with van der Waals surface area (Å²) in [6.45, 7) is 3.26. The predicted octanol–water partition coefficient (Wildman–Crippen LogP) is 1.24. The maximum Gasteiger partial charge on any atom is 0.265 e. The van der Waals surface area contributed by atoms with Gasteiger partial charge in [0.2, 0.25) is 0 Å². The first kappa shape index (κ1) is 16.5. The largest absolute Gasteiger partial charge is 0.279 e. The summed E-state index contributed by atoms with van der Waals surface area (Å²) in [5.41, 5.74) is 1.07. The van der Waals surface area contributed by atoms with E-state index >= 15 is 0 Å². The van der Waals surface area contributed by atoms with E-state index in [1.165, 1.54) is 28.9 Å². The van der Waals surface area contributed by atoms with Crippen LogP contribution in [0.5, 0.6) is 0 Å². The van der Waals surface area contributed by atoms with Crippen LogP contribution in [0, 0.1) is 13.8 Å². The third-order valence-electron chi connectivity index (χ3n) is 3.23. The lowest BCUT2D eigenvalue weighted by Gasteiger charge is -2.09. The lowest BCUT2D eigenvalue weighted by Crippen LogP contribution is -2.15. The molecule has 0 aliphatic carbocycles. The zero-order valence-electron chi connectivity index (χ0n) is 12.7. The molecule has 0 fully saturated rings. The number of sulfonamides is 1. The molecular formula is C13H17N3O4S2. The Morgan fingerprint density at radius 3 is 2.27 bits per heavy atom. The first-order valence-corrected chi connectivity index (χ1v) is 9.73. The molecule has 1 aromatic carbocycles. The van der Waals surface area contributed by atoms with Crippen molar-refractivity contribution in [1.82, 2.24) is 9.78 Å². The molecule has 0 amide bonds. The third kappa shape index (κ3) is 3.14. The molecule has 0 bridgehead atoms. The molecule has 1 N–H and O–H groups in total. The van der Waals surface area contributed by atoms with Gasteiger partial charge in [-0.2, -0.15) is 5.10 Å². The molecule has 22 heavy (non-hydrogen) atoms. The van der Waals surface area contributed by atoms with Crippen LogP contribution in [0.25, 0.3) is 0 Å². The Hall–Kier alpha value is -1.87. The van der Waals surface area contributed by atoms with Crippen LogP contribution in [-0.4, -0.2) is 32.9 Å². The van der Waals surface area contributed by atoms with Crippen molar-refractivity contribution in [2.45, 2.75) is 23.6 Å². The number of hydrogen-bond donors (Lipinski definition) is 1. The Bertz CT molecular complexity index is 928. The van der Waals surface area contributed by atoms with Gasteiger partial charge in [0.1, 0.15) is 4.90 Å². The monoisotopic (exact) mass is 343 g/mol. The van der Waals surface area contributed by atoms with E-state index in [0.717, 1.165) is 6.26 Å². The lowest BCUT2D eigenvalue weighted by atomic mass is 10.3. The van der Waals surface area contributed by atoms with Crippen molar-refractivity contribution in [1.29, 1.82) is 0 Å². The predicted molar refractivity (Wildman–Crippen MR) is 83.0 cm³/mol. The zero-order chi connectivity index (χ0) is 16.7. The van der Waals surface area contributed by atoms with Crippen LogP contribution in [-0.2, 0) is 26.9 Å². The minimum absolute atomic E-state index is 0.0485. The number of anilines is 1. The van der Waals surface area contributed by atoms with Gasteiger partial charge >= 0.3 is 0 Å². The van der Waals surface area contributed by atoms with E-state index in [4.69, 9.17) is 0 Å². The minimum Gasteiger partial charge on any atom is -0.279 e. The zero-order valence-corrected chi connectivity index (χ0v) is 14.3. The van der Waals surface area contributed by atoms with Crippen LogP contribution < -0.4 is 4.72 Å². The highest BCUT2D eigenvalue weighted by Gasteiger charge is 2.24. The van der Waals surface area contributed by atoms with Gasteiger partial charge in [-0.25, -0.2) is 16.8 Å². The Kier molecular flexibility index (Phi) is 4.05. The molecule has 0 aliphatic rings. The third-order valence-corrected chi connectivity index (χ3v) is 5.97. The maximum absolute atomic E-state index is 12.5. The molecule has 0 saturated heterocycles. The van der Waals surface area contributed by atoms with E-state index in [9.17, 15) is 16.8 Å². The number of rotatable bonds is 4. The summed E-state index contributed by atoms with van der Waals surface area (Å²) in [4.78, 5) is 0.145. The fourth-order valence-corrected chi connectivity index (χ4v) is 4.30. The number of aromatic nitrogens is 2. The molecule has 0 unspecified atom stereocenters. The Morgan fingerprint density at radius 2 is 1.77 bits per heavy atom. The molecule has 0 spiro atoms. The van der Waals surface area contributed by atoms with E-state index in [2.05, 4.69) is 9.82 Å². The number of hydrogen-bond acceptors (Lipinski definition) is 5. The highest BCUT2D eigenvalue weighted by Crippen LogP contribution is 2.23. The van der Waals surface area contributed by atoms with Crippen molar-refractivity contribution in [3.05, 3.63) is 35.7 Å². The Labute approximate surface area is 129 Å². The lowest BCUT2D eigenvalue weighted by molar-refractivity contribution is 0.598. The fourth-order valence-electron chi connectivity index (χ4n) is 2.14. The summed E-state index contributed by atoms with van der Waals surface area (Å²) < 4.78 is 52.0. The summed E-state index contributed by atoms with van der Waals surface area (Å²) >= 11 is 0.